The van der Waals surface area contributed by atoms with Gasteiger partial charge in [-0.05, 0) is 74.2 Å². The highest BCUT2D eigenvalue weighted by atomic mass is 19.1. The molecule has 1 aliphatic heterocycles. The third-order valence-corrected chi connectivity index (χ3v) is 4.49. The number of carbonyl (C=O) groups is 1. The van der Waals surface area contributed by atoms with Gasteiger partial charge in [0.25, 0.3) is 0 Å². The van der Waals surface area contributed by atoms with Gasteiger partial charge < -0.3 is 15.4 Å². The SMILES string of the molecule is O=C(CC1CCCNCC1)NCc1ccnc(Oc2ccc(F)cc2)c1. The van der Waals surface area contributed by atoms with Gasteiger partial charge in [-0.25, -0.2) is 9.37 Å². The molecule has 1 saturated heterocycles. The van der Waals surface area contributed by atoms with E-state index in [1.54, 1.807) is 24.4 Å². The van der Waals surface area contributed by atoms with Gasteiger partial charge in [-0.1, -0.05) is 0 Å². The van der Waals surface area contributed by atoms with Gasteiger partial charge in [-0.15, -0.1) is 0 Å². The predicted molar refractivity (Wildman–Crippen MR) is 97.4 cm³/mol. The molecule has 2 aromatic rings. The quantitative estimate of drug-likeness (QED) is 0.832. The zero-order chi connectivity index (χ0) is 18.2. The first-order valence-electron chi connectivity index (χ1n) is 9.05. The van der Waals surface area contributed by atoms with E-state index < -0.39 is 0 Å². The summed E-state index contributed by atoms with van der Waals surface area (Å²) in [6, 6.07) is 9.39. The molecule has 0 bridgehead atoms. The molecule has 1 aromatic carbocycles. The van der Waals surface area contributed by atoms with Crippen LogP contribution in [-0.2, 0) is 11.3 Å². The van der Waals surface area contributed by atoms with Gasteiger partial charge in [-0.3, -0.25) is 4.79 Å². The Morgan fingerprint density at radius 1 is 1.23 bits per heavy atom. The molecular weight excluding hydrogens is 333 g/mol. The minimum Gasteiger partial charge on any atom is -0.439 e. The van der Waals surface area contributed by atoms with Gasteiger partial charge in [0.05, 0.1) is 0 Å². The van der Waals surface area contributed by atoms with Gasteiger partial charge in [0.1, 0.15) is 11.6 Å². The molecule has 1 atom stereocenters. The monoisotopic (exact) mass is 357 g/mol. The first-order chi connectivity index (χ1) is 12.7. The molecule has 3 rings (SSSR count). The lowest BCUT2D eigenvalue weighted by Crippen LogP contribution is -2.25. The van der Waals surface area contributed by atoms with Gasteiger partial charge >= 0.3 is 0 Å². The highest BCUT2D eigenvalue weighted by molar-refractivity contribution is 5.76. The van der Waals surface area contributed by atoms with Gasteiger partial charge in [0, 0.05) is 25.2 Å². The predicted octanol–water partition coefficient (Wildman–Crippen LogP) is 3.41. The molecule has 0 saturated carbocycles. The lowest BCUT2D eigenvalue weighted by atomic mass is 9.96. The molecule has 138 valence electrons. The molecule has 1 fully saturated rings. The zero-order valence-electron chi connectivity index (χ0n) is 14.7. The summed E-state index contributed by atoms with van der Waals surface area (Å²) in [5.41, 5.74) is 0.910. The fourth-order valence-corrected chi connectivity index (χ4v) is 3.07. The highest BCUT2D eigenvalue weighted by Crippen LogP contribution is 2.20. The number of benzene rings is 1. The Kier molecular flexibility index (Phi) is 6.55. The van der Waals surface area contributed by atoms with E-state index in [-0.39, 0.29) is 11.7 Å². The number of hydrogen-bond donors (Lipinski definition) is 2. The lowest BCUT2D eigenvalue weighted by molar-refractivity contribution is -0.122. The van der Waals surface area contributed by atoms with E-state index >= 15 is 0 Å². The van der Waals surface area contributed by atoms with Crippen LogP contribution in [0.1, 0.15) is 31.2 Å². The maximum absolute atomic E-state index is 12.9. The molecule has 5 nitrogen and oxygen atoms in total. The molecule has 0 aliphatic carbocycles. The number of aromatic nitrogens is 1. The van der Waals surface area contributed by atoms with E-state index in [2.05, 4.69) is 15.6 Å². The smallest absolute Gasteiger partial charge is 0.220 e. The van der Waals surface area contributed by atoms with Crippen LogP contribution in [-0.4, -0.2) is 24.0 Å². The molecule has 2 heterocycles. The summed E-state index contributed by atoms with van der Waals surface area (Å²) in [4.78, 5) is 16.3. The standard InChI is InChI=1S/C20H24FN3O2/c21-17-3-5-18(6-4-17)26-20-13-16(8-11-23-20)14-24-19(25)12-15-2-1-9-22-10-7-15/h3-6,8,11,13,15,22H,1-2,7,9-10,12,14H2,(H,24,25). The second-order valence-electron chi connectivity index (χ2n) is 6.59. The first kappa shape index (κ1) is 18.3. The van der Waals surface area contributed by atoms with Crippen LogP contribution in [0.5, 0.6) is 11.6 Å². The summed E-state index contributed by atoms with van der Waals surface area (Å²) < 4.78 is 18.6. The van der Waals surface area contributed by atoms with Crippen molar-refractivity contribution in [1.29, 1.82) is 0 Å². The van der Waals surface area contributed by atoms with Gasteiger partial charge in [-0.2, -0.15) is 0 Å². The summed E-state index contributed by atoms with van der Waals surface area (Å²) in [6.07, 6.45) is 5.50. The van der Waals surface area contributed by atoms with E-state index in [0.29, 0.717) is 30.5 Å². The number of nitrogens with one attached hydrogen (secondary N) is 2. The molecule has 0 radical (unpaired) electrons. The number of nitrogens with zero attached hydrogens (tertiary/aromatic N) is 1. The number of amides is 1. The zero-order valence-corrected chi connectivity index (χ0v) is 14.7. The summed E-state index contributed by atoms with van der Waals surface area (Å²) in [7, 11) is 0. The third kappa shape index (κ3) is 5.81. The molecule has 1 unspecified atom stereocenters. The average molecular weight is 357 g/mol. The molecule has 26 heavy (non-hydrogen) atoms. The van der Waals surface area contributed by atoms with Crippen LogP contribution < -0.4 is 15.4 Å². The van der Waals surface area contributed by atoms with E-state index in [9.17, 15) is 9.18 Å². The molecule has 2 N–H and O–H groups in total. The summed E-state index contributed by atoms with van der Waals surface area (Å²) >= 11 is 0. The fourth-order valence-electron chi connectivity index (χ4n) is 3.07. The van der Waals surface area contributed by atoms with Crippen LogP contribution in [0, 0.1) is 11.7 Å². The molecule has 1 aliphatic rings. The Bertz CT molecular complexity index is 713. The van der Waals surface area contributed by atoms with Gasteiger partial charge in [0.15, 0.2) is 0 Å². The number of hydrogen-bond acceptors (Lipinski definition) is 4. The molecule has 0 spiro atoms. The summed E-state index contributed by atoms with van der Waals surface area (Å²) in [5.74, 6) is 1.15. The minimum absolute atomic E-state index is 0.0784. The first-order valence-corrected chi connectivity index (χ1v) is 9.05. The lowest BCUT2D eigenvalue weighted by Gasteiger charge is -2.13. The Hall–Kier alpha value is -2.47. The van der Waals surface area contributed by atoms with Crippen molar-refractivity contribution in [2.24, 2.45) is 5.92 Å². The molecular formula is C20H24FN3O2. The van der Waals surface area contributed by atoms with Crippen molar-refractivity contribution in [2.75, 3.05) is 13.1 Å². The normalized spacial score (nSPS) is 17.3. The average Bonchev–Trinajstić information content (AvgIpc) is 2.91. The second-order valence-corrected chi connectivity index (χ2v) is 6.59. The Labute approximate surface area is 153 Å². The Morgan fingerprint density at radius 3 is 2.92 bits per heavy atom. The van der Waals surface area contributed by atoms with Crippen LogP contribution >= 0.6 is 0 Å². The van der Waals surface area contributed by atoms with Crippen LogP contribution in [0.3, 0.4) is 0 Å². The number of ether oxygens (including phenoxy) is 1. The third-order valence-electron chi connectivity index (χ3n) is 4.49. The van der Waals surface area contributed by atoms with Crippen molar-refractivity contribution in [3.05, 3.63) is 54.0 Å². The van der Waals surface area contributed by atoms with E-state index in [0.717, 1.165) is 37.9 Å². The highest BCUT2D eigenvalue weighted by Gasteiger charge is 2.15. The molecule has 6 heteroatoms. The largest absolute Gasteiger partial charge is 0.439 e. The van der Waals surface area contributed by atoms with Crippen LogP contribution in [0.2, 0.25) is 0 Å². The van der Waals surface area contributed by atoms with Crippen molar-refractivity contribution in [3.8, 4) is 11.6 Å². The molecule has 1 amide bonds. The minimum atomic E-state index is -0.314. The van der Waals surface area contributed by atoms with Crippen molar-refractivity contribution < 1.29 is 13.9 Å². The van der Waals surface area contributed by atoms with Crippen molar-refractivity contribution in [3.63, 3.8) is 0 Å². The van der Waals surface area contributed by atoms with Crippen molar-refractivity contribution in [2.45, 2.75) is 32.2 Å². The summed E-state index contributed by atoms with van der Waals surface area (Å²) in [5, 5.41) is 6.34. The maximum Gasteiger partial charge on any atom is 0.220 e. The van der Waals surface area contributed by atoms with Gasteiger partial charge in [0.2, 0.25) is 11.8 Å². The van der Waals surface area contributed by atoms with E-state index in [1.165, 1.54) is 12.1 Å². The van der Waals surface area contributed by atoms with Crippen molar-refractivity contribution >= 4 is 5.91 Å². The number of pyridine rings is 1. The van der Waals surface area contributed by atoms with Crippen LogP contribution in [0.4, 0.5) is 4.39 Å². The van der Waals surface area contributed by atoms with Crippen LogP contribution in [0.15, 0.2) is 42.6 Å². The maximum atomic E-state index is 12.9. The number of carbonyl (C=O) groups excluding carboxylic acids is 1. The topological polar surface area (TPSA) is 63.2 Å². The summed E-state index contributed by atoms with van der Waals surface area (Å²) in [6.45, 7) is 2.48. The van der Waals surface area contributed by atoms with Crippen LogP contribution in [0.25, 0.3) is 0 Å². The number of halogens is 1. The Balaban J connectivity index is 1.50. The molecule has 1 aromatic heterocycles. The Morgan fingerprint density at radius 2 is 2.08 bits per heavy atom. The van der Waals surface area contributed by atoms with E-state index in [1.807, 2.05) is 6.07 Å². The fraction of sp³-hybridized carbons (Fsp3) is 0.400. The van der Waals surface area contributed by atoms with E-state index in [4.69, 9.17) is 4.74 Å². The number of rotatable bonds is 6. The van der Waals surface area contributed by atoms with Crippen molar-refractivity contribution in [1.82, 2.24) is 15.6 Å². The second kappa shape index (κ2) is 9.29.